The molecule has 0 aromatic heterocycles. The molecule has 5 heteroatoms. The fourth-order valence-electron chi connectivity index (χ4n) is 0. The van der Waals surface area contributed by atoms with Gasteiger partial charge < -0.3 is 5.11 Å². The summed E-state index contributed by atoms with van der Waals surface area (Å²) in [6.07, 6.45) is -0.167. The topological polar surface area (TPSA) is 80.4 Å². The van der Waals surface area contributed by atoms with E-state index in [0.717, 1.165) is 0 Å². The van der Waals surface area contributed by atoms with E-state index in [1.165, 1.54) is 0 Å². The Morgan fingerprint density at radius 2 is 1.86 bits per heavy atom. The van der Waals surface area contributed by atoms with Crippen molar-refractivity contribution < 1.29 is 14.7 Å². The van der Waals surface area contributed by atoms with Gasteiger partial charge in [-0.05, 0) is 0 Å². The molecule has 0 fully saturated rings. The first-order valence-corrected chi connectivity index (χ1v) is 1.73. The predicted molar refractivity (Wildman–Crippen MR) is 26.9 cm³/mol. The second kappa shape index (κ2) is 9.07. The molecule has 0 unspecified atom stereocenters. The maximum absolute atomic E-state index is 9.00. The van der Waals surface area contributed by atoms with Crippen LogP contribution in [0.4, 0.5) is 0 Å². The molecule has 0 aromatic rings. The van der Waals surface area contributed by atoms with Crippen molar-refractivity contribution in [3.63, 3.8) is 0 Å². The van der Waals surface area contributed by atoms with Gasteiger partial charge in [-0.1, -0.05) is 0 Å². The molecule has 0 amide bonds. The third kappa shape index (κ3) is 30.9. The van der Waals surface area contributed by atoms with Gasteiger partial charge >= 0.3 is 5.97 Å². The molecular formula is C2H5NO3S. The maximum Gasteiger partial charge on any atom is 0.368 e. The summed E-state index contributed by atoms with van der Waals surface area (Å²) >= 11 is 3.03. The maximum atomic E-state index is 9.00. The van der Waals surface area contributed by atoms with E-state index in [1.807, 2.05) is 0 Å². The van der Waals surface area contributed by atoms with E-state index in [9.17, 15) is 0 Å². The van der Waals surface area contributed by atoms with Crippen LogP contribution in [0.5, 0.6) is 0 Å². The number of nitrogens with two attached hydrogens (primary N) is 1. The minimum Gasteiger partial charge on any atom is -0.476 e. The van der Waals surface area contributed by atoms with Crippen molar-refractivity contribution in [3.05, 3.63) is 0 Å². The Labute approximate surface area is 45.9 Å². The Morgan fingerprint density at radius 3 is 1.86 bits per heavy atom. The van der Waals surface area contributed by atoms with Crippen LogP contribution in [0.1, 0.15) is 0 Å². The summed E-state index contributed by atoms with van der Waals surface area (Å²) in [7, 11) is 0. The van der Waals surface area contributed by atoms with E-state index >= 15 is 0 Å². The Kier molecular flexibility index (Phi) is 12.5. The monoisotopic (exact) mass is 123 g/mol. The number of aliphatic carboxylic acids is 1. The van der Waals surface area contributed by atoms with Crippen LogP contribution in [-0.2, 0) is 9.59 Å². The van der Waals surface area contributed by atoms with Crippen molar-refractivity contribution in [1.29, 1.82) is 0 Å². The van der Waals surface area contributed by atoms with Crippen LogP contribution in [0.15, 0.2) is 0 Å². The van der Waals surface area contributed by atoms with E-state index in [0.29, 0.717) is 0 Å². The van der Waals surface area contributed by atoms with Gasteiger partial charge in [0.15, 0.2) is 0 Å². The summed E-state index contributed by atoms with van der Waals surface area (Å²) in [4.78, 5) is 17.9. The third-order valence-corrected chi connectivity index (χ3v) is 0.101. The van der Waals surface area contributed by atoms with Crippen molar-refractivity contribution in [3.8, 4) is 0 Å². The fourth-order valence-corrected chi connectivity index (χ4v) is 0. The van der Waals surface area contributed by atoms with E-state index in [4.69, 9.17) is 14.7 Å². The van der Waals surface area contributed by atoms with Gasteiger partial charge in [-0.3, -0.25) is 9.93 Å². The van der Waals surface area contributed by atoms with Gasteiger partial charge in [0.2, 0.25) is 6.29 Å². The molecule has 0 spiro atoms. The van der Waals surface area contributed by atoms with Crippen LogP contribution < -0.4 is 5.14 Å². The standard InChI is InChI=1S/C2H2O3.H3NS/c3-1-2(4)5;1-2/h1H,(H,4,5);2H,1H2. The predicted octanol–water partition coefficient (Wildman–Crippen LogP) is -0.940. The summed E-state index contributed by atoms with van der Waals surface area (Å²) < 4.78 is 0. The first kappa shape index (κ1) is 9.67. The van der Waals surface area contributed by atoms with E-state index in [2.05, 4.69) is 18.0 Å². The molecule has 0 atom stereocenters. The van der Waals surface area contributed by atoms with Crippen LogP contribution in [-0.4, -0.2) is 17.4 Å². The van der Waals surface area contributed by atoms with E-state index in [-0.39, 0.29) is 6.29 Å². The van der Waals surface area contributed by atoms with Gasteiger partial charge in [0.25, 0.3) is 0 Å². The zero-order valence-corrected chi connectivity index (χ0v) is 4.26. The van der Waals surface area contributed by atoms with Crippen molar-refractivity contribution in [1.82, 2.24) is 0 Å². The number of carboxylic acid groups (broad SMARTS) is 1. The first-order chi connectivity index (χ1) is 3.27. The largest absolute Gasteiger partial charge is 0.476 e. The molecule has 0 radical (unpaired) electrons. The number of carbonyl (C=O) groups excluding carboxylic acids is 1. The number of aldehydes is 1. The quantitative estimate of drug-likeness (QED) is 0.239. The molecule has 0 rings (SSSR count). The second-order valence-electron chi connectivity index (χ2n) is 0.456. The number of thiol groups is 1. The number of carbonyl (C=O) groups is 2. The molecule has 0 aliphatic carbocycles. The molecule has 0 saturated heterocycles. The SMILES string of the molecule is NS.O=CC(=O)O. The van der Waals surface area contributed by atoms with Crippen molar-refractivity contribution in [2.45, 2.75) is 0 Å². The summed E-state index contributed by atoms with van der Waals surface area (Å²) in [6, 6.07) is 0. The molecule has 4 nitrogen and oxygen atoms in total. The minimum absolute atomic E-state index is 0.167. The van der Waals surface area contributed by atoms with Gasteiger partial charge in [0, 0.05) is 0 Å². The van der Waals surface area contributed by atoms with Crippen LogP contribution in [0, 0.1) is 0 Å². The summed E-state index contributed by atoms with van der Waals surface area (Å²) in [5, 5.41) is 11.5. The minimum atomic E-state index is -1.43. The molecule has 0 bridgehead atoms. The molecule has 0 aliphatic rings. The Balaban J connectivity index is 0. The Hall–Kier alpha value is -0.550. The van der Waals surface area contributed by atoms with Gasteiger partial charge in [0.05, 0.1) is 0 Å². The van der Waals surface area contributed by atoms with Crippen LogP contribution >= 0.6 is 12.8 Å². The molecule has 0 heterocycles. The summed E-state index contributed by atoms with van der Waals surface area (Å²) in [5.74, 6) is -1.43. The lowest BCUT2D eigenvalue weighted by Crippen LogP contribution is -1.91. The second-order valence-corrected chi connectivity index (χ2v) is 0.456. The molecule has 7 heavy (non-hydrogen) atoms. The molecule has 0 aromatic carbocycles. The van der Waals surface area contributed by atoms with E-state index in [1.54, 1.807) is 0 Å². The van der Waals surface area contributed by atoms with Crippen molar-refractivity contribution >= 4 is 25.1 Å². The summed E-state index contributed by atoms with van der Waals surface area (Å²) in [6.45, 7) is 0. The van der Waals surface area contributed by atoms with Crippen LogP contribution in [0.25, 0.3) is 0 Å². The highest BCUT2D eigenvalue weighted by atomic mass is 32.1. The molecule has 0 aliphatic heterocycles. The number of hydrogen-bond donors (Lipinski definition) is 3. The normalized spacial score (nSPS) is 5.43. The molecule has 0 saturated carbocycles. The zero-order chi connectivity index (χ0) is 6.28. The highest BCUT2D eigenvalue weighted by molar-refractivity contribution is 7.77. The molecule has 42 valence electrons. The lowest BCUT2D eigenvalue weighted by molar-refractivity contribution is -0.143. The average Bonchev–Trinajstić information content (AvgIpc) is 1.73. The molecule has 3 N–H and O–H groups in total. The van der Waals surface area contributed by atoms with Gasteiger partial charge in [-0.2, -0.15) is 0 Å². The Bertz CT molecular complexity index is 64.0. The number of rotatable bonds is 1. The lowest BCUT2D eigenvalue weighted by Gasteiger charge is -1.59. The van der Waals surface area contributed by atoms with Crippen molar-refractivity contribution in [2.24, 2.45) is 5.14 Å². The zero-order valence-electron chi connectivity index (χ0n) is 3.37. The Morgan fingerprint density at radius 1 is 1.71 bits per heavy atom. The smallest absolute Gasteiger partial charge is 0.368 e. The highest BCUT2D eigenvalue weighted by Crippen LogP contribution is 1.39. The molecular weight excluding hydrogens is 118 g/mol. The number of carboxylic acids is 1. The lowest BCUT2D eigenvalue weighted by atomic mass is 10.8. The van der Waals surface area contributed by atoms with Crippen LogP contribution in [0.2, 0.25) is 0 Å². The number of hydrogen-bond acceptors (Lipinski definition) is 4. The van der Waals surface area contributed by atoms with Gasteiger partial charge in [-0.15, -0.1) is 12.8 Å². The van der Waals surface area contributed by atoms with E-state index < -0.39 is 5.97 Å². The van der Waals surface area contributed by atoms with Gasteiger partial charge in [0.1, 0.15) is 0 Å². The third-order valence-electron chi connectivity index (χ3n) is 0.101. The summed E-state index contributed by atoms with van der Waals surface area (Å²) in [5.41, 5.74) is 0. The average molecular weight is 123 g/mol. The first-order valence-electron chi connectivity index (χ1n) is 1.21. The highest BCUT2D eigenvalue weighted by Gasteiger charge is 1.80. The van der Waals surface area contributed by atoms with Gasteiger partial charge in [-0.25, -0.2) is 4.79 Å². The fraction of sp³-hybridized carbons (Fsp3) is 0. The van der Waals surface area contributed by atoms with Crippen molar-refractivity contribution in [2.75, 3.05) is 0 Å². The van der Waals surface area contributed by atoms with Crippen LogP contribution in [0.3, 0.4) is 0 Å².